The van der Waals surface area contributed by atoms with Crippen LogP contribution in [-0.2, 0) is 11.3 Å². The van der Waals surface area contributed by atoms with Crippen molar-refractivity contribution in [2.24, 2.45) is 0 Å². The van der Waals surface area contributed by atoms with Gasteiger partial charge in [0.25, 0.3) is 11.8 Å². The first-order valence-corrected chi connectivity index (χ1v) is 9.51. The Morgan fingerprint density at radius 2 is 1.34 bits per heavy atom. The highest BCUT2D eigenvalue weighted by Crippen LogP contribution is 2.18. The van der Waals surface area contributed by atoms with E-state index >= 15 is 0 Å². The van der Waals surface area contributed by atoms with E-state index < -0.39 is 0 Å². The summed E-state index contributed by atoms with van der Waals surface area (Å²) in [5.41, 5.74) is 4.46. The average molecular weight is 384 g/mol. The molecule has 0 fully saturated rings. The van der Waals surface area contributed by atoms with Gasteiger partial charge >= 0.3 is 0 Å². The van der Waals surface area contributed by atoms with Crippen molar-refractivity contribution < 1.29 is 9.59 Å². The third-order valence-electron chi connectivity index (χ3n) is 4.66. The van der Waals surface area contributed by atoms with Crippen LogP contribution in [-0.4, -0.2) is 11.8 Å². The first kappa shape index (κ1) is 20.1. The Morgan fingerprint density at radius 3 is 1.97 bits per heavy atom. The second-order valence-corrected chi connectivity index (χ2v) is 6.85. The van der Waals surface area contributed by atoms with Crippen molar-refractivity contribution in [2.45, 2.75) is 20.4 Å². The number of aryl methyl sites for hydroxylation is 1. The molecule has 0 saturated carbocycles. The smallest absolute Gasteiger partial charge is 0.268 e. The van der Waals surface area contributed by atoms with Gasteiger partial charge in [0.2, 0.25) is 0 Å². The van der Waals surface area contributed by atoms with Gasteiger partial charge in [0.15, 0.2) is 0 Å². The van der Waals surface area contributed by atoms with Gasteiger partial charge in [0.05, 0.1) is 0 Å². The van der Waals surface area contributed by atoms with Crippen molar-refractivity contribution in [3.8, 4) is 0 Å². The van der Waals surface area contributed by atoms with Crippen molar-refractivity contribution >= 4 is 17.4 Å². The fraction of sp³-hybridized carbons (Fsp3) is 0.120. The third kappa shape index (κ3) is 5.42. The van der Waals surface area contributed by atoms with Gasteiger partial charge in [0.1, 0.15) is 5.70 Å². The van der Waals surface area contributed by atoms with E-state index in [0.29, 0.717) is 17.7 Å². The minimum absolute atomic E-state index is 0.249. The van der Waals surface area contributed by atoms with E-state index in [1.807, 2.05) is 74.5 Å². The molecule has 0 bridgehead atoms. The lowest BCUT2D eigenvalue weighted by molar-refractivity contribution is -0.117. The molecule has 0 atom stereocenters. The Balaban J connectivity index is 1.87. The van der Waals surface area contributed by atoms with Gasteiger partial charge in [-0.25, -0.2) is 0 Å². The fourth-order valence-electron chi connectivity index (χ4n) is 2.91. The van der Waals surface area contributed by atoms with Crippen LogP contribution in [0, 0.1) is 6.92 Å². The molecule has 0 unspecified atom stereocenters. The van der Waals surface area contributed by atoms with E-state index in [1.165, 1.54) is 0 Å². The van der Waals surface area contributed by atoms with Gasteiger partial charge in [-0.05, 0) is 42.7 Å². The Kier molecular flexibility index (Phi) is 6.59. The van der Waals surface area contributed by atoms with Crippen LogP contribution in [0.2, 0.25) is 0 Å². The van der Waals surface area contributed by atoms with Crippen LogP contribution >= 0.6 is 0 Å². The number of carbonyl (C=O) groups is 2. The maximum atomic E-state index is 13.0. The Morgan fingerprint density at radius 1 is 0.759 bits per heavy atom. The summed E-state index contributed by atoms with van der Waals surface area (Å²) < 4.78 is 0. The van der Waals surface area contributed by atoms with Crippen molar-refractivity contribution in [1.82, 2.24) is 10.6 Å². The minimum Gasteiger partial charge on any atom is -0.347 e. The zero-order valence-electron chi connectivity index (χ0n) is 16.6. The van der Waals surface area contributed by atoms with E-state index in [4.69, 9.17) is 0 Å². The van der Waals surface area contributed by atoms with Crippen LogP contribution in [0.3, 0.4) is 0 Å². The van der Waals surface area contributed by atoms with Crippen LogP contribution in [0.1, 0.15) is 34.0 Å². The van der Waals surface area contributed by atoms with Gasteiger partial charge in [-0.3, -0.25) is 9.59 Å². The van der Waals surface area contributed by atoms with Crippen molar-refractivity contribution in [2.75, 3.05) is 0 Å². The highest BCUT2D eigenvalue weighted by molar-refractivity contribution is 6.07. The van der Waals surface area contributed by atoms with E-state index in [9.17, 15) is 9.59 Å². The van der Waals surface area contributed by atoms with E-state index in [0.717, 1.165) is 16.7 Å². The Bertz CT molecular complexity index is 1010. The van der Waals surface area contributed by atoms with Gasteiger partial charge in [-0.1, -0.05) is 78.4 Å². The van der Waals surface area contributed by atoms with Crippen LogP contribution in [0.25, 0.3) is 5.57 Å². The summed E-state index contributed by atoms with van der Waals surface area (Å²) in [5, 5.41) is 5.72. The molecule has 0 aromatic heterocycles. The maximum absolute atomic E-state index is 13.0. The first-order chi connectivity index (χ1) is 14.0. The number of rotatable bonds is 6. The molecule has 4 heteroatoms. The Hall–Kier alpha value is -3.66. The second-order valence-electron chi connectivity index (χ2n) is 6.85. The van der Waals surface area contributed by atoms with Gasteiger partial charge in [-0.2, -0.15) is 0 Å². The quantitative estimate of drug-likeness (QED) is 0.616. The summed E-state index contributed by atoms with van der Waals surface area (Å²) >= 11 is 0. The molecule has 2 N–H and O–H groups in total. The van der Waals surface area contributed by atoms with Crippen LogP contribution in [0.4, 0.5) is 0 Å². The van der Waals surface area contributed by atoms with Crippen LogP contribution < -0.4 is 10.6 Å². The highest BCUT2D eigenvalue weighted by Gasteiger charge is 2.18. The zero-order valence-corrected chi connectivity index (χ0v) is 16.6. The number of hydrogen-bond acceptors (Lipinski definition) is 2. The molecule has 0 aliphatic carbocycles. The predicted octanol–water partition coefficient (Wildman–Crippen LogP) is 4.47. The topological polar surface area (TPSA) is 58.2 Å². The molecule has 0 heterocycles. The fourth-order valence-corrected chi connectivity index (χ4v) is 2.91. The standard InChI is InChI=1S/C25H24N2O2/c1-18-13-15-21(16-14-18)19(2)23(27-24(28)22-11-7-4-8-12-22)25(29)26-17-20-9-5-3-6-10-20/h3-16H,17H2,1-2H3,(H,26,29)(H,27,28). The van der Waals surface area contributed by atoms with E-state index in [2.05, 4.69) is 10.6 Å². The lowest BCUT2D eigenvalue weighted by Gasteiger charge is -2.15. The molecule has 4 nitrogen and oxygen atoms in total. The zero-order chi connectivity index (χ0) is 20.6. The molecular formula is C25H24N2O2. The molecule has 0 aliphatic heterocycles. The van der Waals surface area contributed by atoms with Crippen LogP contribution in [0.5, 0.6) is 0 Å². The van der Waals surface area contributed by atoms with Gasteiger partial charge in [0, 0.05) is 12.1 Å². The molecule has 0 saturated heterocycles. The predicted molar refractivity (Wildman–Crippen MR) is 116 cm³/mol. The average Bonchev–Trinajstić information content (AvgIpc) is 2.77. The molecule has 3 aromatic rings. The lowest BCUT2D eigenvalue weighted by atomic mass is 10.0. The molecule has 3 aromatic carbocycles. The summed E-state index contributed by atoms with van der Waals surface area (Å²) in [6, 6.07) is 26.4. The van der Waals surface area contributed by atoms with Gasteiger partial charge in [-0.15, -0.1) is 0 Å². The number of hydrogen-bond donors (Lipinski definition) is 2. The minimum atomic E-state index is -0.323. The summed E-state index contributed by atoms with van der Waals surface area (Å²) in [6.07, 6.45) is 0. The summed E-state index contributed by atoms with van der Waals surface area (Å²) in [7, 11) is 0. The number of nitrogens with one attached hydrogen (secondary N) is 2. The number of carbonyl (C=O) groups excluding carboxylic acids is 2. The Labute approximate surface area is 171 Å². The van der Waals surface area contributed by atoms with Crippen molar-refractivity contribution in [3.05, 3.63) is 113 Å². The van der Waals surface area contributed by atoms with E-state index in [1.54, 1.807) is 24.3 Å². The molecule has 3 rings (SSSR count). The number of allylic oxidation sites excluding steroid dienone is 1. The lowest BCUT2D eigenvalue weighted by Crippen LogP contribution is -2.35. The summed E-state index contributed by atoms with van der Waals surface area (Å²) in [6.45, 7) is 4.23. The van der Waals surface area contributed by atoms with Crippen molar-refractivity contribution in [1.29, 1.82) is 0 Å². The molecule has 0 radical (unpaired) electrons. The monoisotopic (exact) mass is 384 g/mol. The van der Waals surface area contributed by atoms with Crippen molar-refractivity contribution in [3.63, 3.8) is 0 Å². The molecule has 0 aliphatic rings. The van der Waals surface area contributed by atoms with Crippen LogP contribution in [0.15, 0.2) is 90.6 Å². The molecule has 146 valence electrons. The SMILES string of the molecule is CC(=C(NC(=O)c1ccccc1)C(=O)NCc1ccccc1)c1ccc(C)cc1. The van der Waals surface area contributed by atoms with Gasteiger partial charge < -0.3 is 10.6 Å². The first-order valence-electron chi connectivity index (χ1n) is 9.51. The molecular weight excluding hydrogens is 360 g/mol. The normalized spacial score (nSPS) is 11.4. The third-order valence-corrected chi connectivity index (χ3v) is 4.66. The number of benzene rings is 3. The summed E-state index contributed by atoms with van der Waals surface area (Å²) in [5.74, 6) is -0.641. The molecule has 29 heavy (non-hydrogen) atoms. The molecule has 0 spiro atoms. The maximum Gasteiger partial charge on any atom is 0.268 e. The largest absolute Gasteiger partial charge is 0.347 e. The molecule has 2 amide bonds. The highest BCUT2D eigenvalue weighted by atomic mass is 16.2. The summed E-state index contributed by atoms with van der Waals surface area (Å²) in [4.78, 5) is 25.7. The van der Waals surface area contributed by atoms with E-state index in [-0.39, 0.29) is 17.5 Å². The second kappa shape index (κ2) is 9.51. The number of amides is 2.